The molecule has 0 spiro atoms. The van der Waals surface area contributed by atoms with Crippen LogP contribution in [0.2, 0.25) is 0 Å². The minimum absolute atomic E-state index is 0.0130. The SMILES string of the molecule is COC1CCCC1NS(=O)(=O)c1cccc2c1CCNC2. The molecule has 0 aromatic heterocycles. The van der Waals surface area contributed by atoms with Gasteiger partial charge in [0.05, 0.1) is 11.0 Å². The smallest absolute Gasteiger partial charge is 0.241 e. The first kappa shape index (κ1) is 15.0. The van der Waals surface area contributed by atoms with Gasteiger partial charge in [0, 0.05) is 19.7 Å². The zero-order chi connectivity index (χ0) is 14.9. The molecule has 2 unspecified atom stereocenters. The minimum atomic E-state index is -3.49. The standard InChI is InChI=1S/C15H22N2O3S/c1-20-14-6-3-5-13(14)17-21(18,19)15-7-2-4-11-10-16-9-8-12(11)15/h2,4,7,13-14,16-17H,3,5-6,8-10H2,1H3. The summed E-state index contributed by atoms with van der Waals surface area (Å²) in [5.41, 5.74) is 2.04. The van der Waals surface area contributed by atoms with Gasteiger partial charge in [0.25, 0.3) is 0 Å². The van der Waals surface area contributed by atoms with E-state index in [4.69, 9.17) is 4.74 Å². The first-order chi connectivity index (χ1) is 10.1. The van der Waals surface area contributed by atoms with Crippen molar-refractivity contribution in [3.8, 4) is 0 Å². The molecule has 0 bridgehead atoms. The fourth-order valence-electron chi connectivity index (χ4n) is 3.35. The Labute approximate surface area is 126 Å². The second-order valence-corrected chi connectivity index (χ2v) is 7.44. The number of ether oxygens (including phenoxy) is 1. The number of sulfonamides is 1. The van der Waals surface area contributed by atoms with Gasteiger partial charge in [-0.1, -0.05) is 12.1 Å². The number of rotatable bonds is 4. The average Bonchev–Trinajstić information content (AvgIpc) is 2.93. The van der Waals surface area contributed by atoms with E-state index in [1.165, 1.54) is 0 Å². The second kappa shape index (κ2) is 6.04. The van der Waals surface area contributed by atoms with Gasteiger partial charge in [-0.05, 0) is 49.4 Å². The van der Waals surface area contributed by atoms with E-state index in [2.05, 4.69) is 10.0 Å². The van der Waals surface area contributed by atoms with Crippen LogP contribution in [0.3, 0.4) is 0 Å². The summed E-state index contributed by atoms with van der Waals surface area (Å²) in [6, 6.07) is 5.41. The average molecular weight is 310 g/mol. The zero-order valence-corrected chi connectivity index (χ0v) is 13.1. The highest BCUT2D eigenvalue weighted by Gasteiger charge is 2.32. The van der Waals surface area contributed by atoms with Crippen LogP contribution in [-0.2, 0) is 27.7 Å². The van der Waals surface area contributed by atoms with E-state index in [0.717, 1.165) is 49.9 Å². The molecular weight excluding hydrogens is 288 g/mol. The molecule has 2 N–H and O–H groups in total. The topological polar surface area (TPSA) is 67.4 Å². The van der Waals surface area contributed by atoms with Crippen molar-refractivity contribution in [2.45, 2.75) is 49.3 Å². The molecule has 116 valence electrons. The van der Waals surface area contributed by atoms with Gasteiger partial charge in [0.1, 0.15) is 0 Å². The van der Waals surface area contributed by atoms with Gasteiger partial charge in [0.2, 0.25) is 10.0 Å². The van der Waals surface area contributed by atoms with E-state index in [1.807, 2.05) is 12.1 Å². The largest absolute Gasteiger partial charge is 0.380 e. The van der Waals surface area contributed by atoms with E-state index in [0.29, 0.717) is 4.90 Å². The molecule has 0 radical (unpaired) electrons. The quantitative estimate of drug-likeness (QED) is 0.876. The van der Waals surface area contributed by atoms with Crippen molar-refractivity contribution in [2.24, 2.45) is 0 Å². The van der Waals surface area contributed by atoms with Crippen LogP contribution in [0, 0.1) is 0 Å². The Balaban J connectivity index is 1.88. The fraction of sp³-hybridized carbons (Fsp3) is 0.600. The van der Waals surface area contributed by atoms with Gasteiger partial charge in [-0.2, -0.15) is 0 Å². The van der Waals surface area contributed by atoms with E-state index in [9.17, 15) is 8.42 Å². The van der Waals surface area contributed by atoms with Crippen molar-refractivity contribution in [2.75, 3.05) is 13.7 Å². The molecule has 21 heavy (non-hydrogen) atoms. The predicted octanol–water partition coefficient (Wildman–Crippen LogP) is 1.18. The van der Waals surface area contributed by atoms with E-state index >= 15 is 0 Å². The third-order valence-corrected chi connectivity index (χ3v) is 6.02. The Kier molecular flexibility index (Phi) is 4.31. The maximum absolute atomic E-state index is 12.7. The van der Waals surface area contributed by atoms with Gasteiger partial charge >= 0.3 is 0 Å². The lowest BCUT2D eigenvalue weighted by Gasteiger charge is -2.23. The number of nitrogens with one attached hydrogen (secondary N) is 2. The van der Waals surface area contributed by atoms with Crippen LogP contribution in [0.25, 0.3) is 0 Å². The molecule has 2 aliphatic rings. The van der Waals surface area contributed by atoms with E-state index in [-0.39, 0.29) is 12.1 Å². The molecule has 0 saturated heterocycles. The van der Waals surface area contributed by atoms with Crippen molar-refractivity contribution >= 4 is 10.0 Å². The molecule has 1 aromatic rings. The van der Waals surface area contributed by atoms with Crippen molar-refractivity contribution in [3.05, 3.63) is 29.3 Å². The Morgan fingerprint density at radius 3 is 3.00 bits per heavy atom. The summed E-state index contributed by atoms with van der Waals surface area (Å²) in [6.07, 6.45) is 3.50. The fourth-order valence-corrected chi connectivity index (χ4v) is 4.96. The van der Waals surface area contributed by atoms with E-state index < -0.39 is 10.0 Å². The Bertz CT molecular complexity index is 615. The molecule has 1 aliphatic carbocycles. The van der Waals surface area contributed by atoms with Gasteiger partial charge in [-0.3, -0.25) is 0 Å². The first-order valence-corrected chi connectivity index (χ1v) is 8.97. The number of fused-ring (bicyclic) bond motifs is 1. The summed E-state index contributed by atoms with van der Waals surface area (Å²) >= 11 is 0. The third kappa shape index (κ3) is 2.99. The molecule has 1 aliphatic heterocycles. The number of hydrogen-bond acceptors (Lipinski definition) is 4. The van der Waals surface area contributed by atoms with Crippen LogP contribution >= 0.6 is 0 Å². The summed E-state index contributed by atoms with van der Waals surface area (Å²) in [6.45, 7) is 1.56. The van der Waals surface area contributed by atoms with Crippen molar-refractivity contribution in [1.29, 1.82) is 0 Å². The molecule has 0 amide bonds. The molecule has 1 saturated carbocycles. The Hall–Kier alpha value is -0.950. The number of methoxy groups -OCH3 is 1. The summed E-state index contributed by atoms with van der Waals surface area (Å²) in [5.74, 6) is 0. The summed E-state index contributed by atoms with van der Waals surface area (Å²) in [5, 5.41) is 3.27. The second-order valence-electron chi connectivity index (χ2n) is 5.75. The minimum Gasteiger partial charge on any atom is -0.380 e. The molecule has 1 fully saturated rings. The highest BCUT2D eigenvalue weighted by atomic mass is 32.2. The first-order valence-electron chi connectivity index (χ1n) is 7.48. The molecule has 2 atom stereocenters. The van der Waals surface area contributed by atoms with Crippen LogP contribution in [0.5, 0.6) is 0 Å². The van der Waals surface area contributed by atoms with Gasteiger partial charge < -0.3 is 10.1 Å². The van der Waals surface area contributed by atoms with Crippen LogP contribution in [0.1, 0.15) is 30.4 Å². The van der Waals surface area contributed by atoms with Gasteiger partial charge in [-0.15, -0.1) is 0 Å². The van der Waals surface area contributed by atoms with Gasteiger partial charge in [-0.25, -0.2) is 13.1 Å². The number of hydrogen-bond donors (Lipinski definition) is 2. The van der Waals surface area contributed by atoms with Crippen LogP contribution in [0.4, 0.5) is 0 Å². The van der Waals surface area contributed by atoms with Crippen LogP contribution in [-0.4, -0.2) is 34.2 Å². The highest BCUT2D eigenvalue weighted by molar-refractivity contribution is 7.89. The third-order valence-electron chi connectivity index (χ3n) is 4.45. The van der Waals surface area contributed by atoms with Crippen LogP contribution in [0.15, 0.2) is 23.1 Å². The molecule has 3 rings (SSSR count). The highest BCUT2D eigenvalue weighted by Crippen LogP contribution is 2.26. The lowest BCUT2D eigenvalue weighted by atomic mass is 10.0. The number of benzene rings is 1. The van der Waals surface area contributed by atoms with Crippen molar-refractivity contribution in [1.82, 2.24) is 10.0 Å². The molecular formula is C15H22N2O3S. The Morgan fingerprint density at radius 2 is 2.19 bits per heavy atom. The lowest BCUT2D eigenvalue weighted by Crippen LogP contribution is -2.41. The van der Waals surface area contributed by atoms with Crippen molar-refractivity contribution in [3.63, 3.8) is 0 Å². The molecule has 6 heteroatoms. The maximum Gasteiger partial charge on any atom is 0.241 e. The van der Waals surface area contributed by atoms with Gasteiger partial charge in [0.15, 0.2) is 0 Å². The van der Waals surface area contributed by atoms with Crippen molar-refractivity contribution < 1.29 is 13.2 Å². The summed E-state index contributed by atoms with van der Waals surface area (Å²) in [7, 11) is -1.84. The maximum atomic E-state index is 12.7. The lowest BCUT2D eigenvalue weighted by molar-refractivity contribution is 0.0916. The zero-order valence-electron chi connectivity index (χ0n) is 12.3. The summed E-state index contributed by atoms with van der Waals surface area (Å²) < 4.78 is 33.7. The van der Waals surface area contributed by atoms with Crippen LogP contribution < -0.4 is 10.0 Å². The van der Waals surface area contributed by atoms with E-state index in [1.54, 1.807) is 13.2 Å². The summed E-state index contributed by atoms with van der Waals surface area (Å²) in [4.78, 5) is 0.434. The molecule has 1 heterocycles. The molecule has 5 nitrogen and oxygen atoms in total. The predicted molar refractivity (Wildman–Crippen MR) is 80.6 cm³/mol. The molecule has 1 aromatic carbocycles. The normalized spacial score (nSPS) is 25.8. The Morgan fingerprint density at radius 1 is 1.33 bits per heavy atom. The monoisotopic (exact) mass is 310 g/mol.